The van der Waals surface area contributed by atoms with Crippen molar-refractivity contribution < 1.29 is 28.8 Å². The average molecular weight is 335 g/mol. The Hall–Kier alpha value is -2.58. The standard InChI is InChI=1S/C15H17N3O6/c19-12-10-8-1-2-9(7-8)11(10)13(20)18(12)24-15(22)23-6-5-17-4-3-16-14(17)21/h1-2,8-11H,3-7H2,(H,16,21). The van der Waals surface area contributed by atoms with E-state index in [9.17, 15) is 19.2 Å². The molecule has 0 spiro atoms. The summed E-state index contributed by atoms with van der Waals surface area (Å²) in [6, 6.07) is -0.215. The summed E-state index contributed by atoms with van der Waals surface area (Å²) >= 11 is 0. The van der Waals surface area contributed by atoms with Crippen molar-refractivity contribution in [1.82, 2.24) is 15.3 Å². The number of hydrogen-bond acceptors (Lipinski definition) is 6. The first-order chi connectivity index (χ1) is 11.6. The van der Waals surface area contributed by atoms with Gasteiger partial charge in [-0.25, -0.2) is 9.59 Å². The summed E-state index contributed by atoms with van der Waals surface area (Å²) in [4.78, 5) is 54.0. The quantitative estimate of drug-likeness (QED) is 0.436. The molecule has 3 fully saturated rings. The lowest BCUT2D eigenvalue weighted by Crippen LogP contribution is -2.36. The highest BCUT2D eigenvalue weighted by Crippen LogP contribution is 2.52. The molecule has 4 amide bonds. The number of nitrogens with zero attached hydrogens (tertiary/aromatic N) is 2. The van der Waals surface area contributed by atoms with Gasteiger partial charge < -0.3 is 15.0 Å². The van der Waals surface area contributed by atoms with Crippen molar-refractivity contribution in [3.63, 3.8) is 0 Å². The molecule has 2 saturated heterocycles. The van der Waals surface area contributed by atoms with Crippen molar-refractivity contribution in [3.05, 3.63) is 12.2 Å². The van der Waals surface area contributed by atoms with Gasteiger partial charge in [0, 0.05) is 13.1 Å². The Kier molecular flexibility index (Phi) is 3.43. The van der Waals surface area contributed by atoms with Gasteiger partial charge in [-0.1, -0.05) is 17.2 Å². The predicted molar refractivity (Wildman–Crippen MR) is 77.0 cm³/mol. The van der Waals surface area contributed by atoms with Gasteiger partial charge in [0.1, 0.15) is 6.61 Å². The molecule has 0 radical (unpaired) electrons. The minimum Gasteiger partial charge on any atom is -0.431 e. The molecule has 2 aliphatic heterocycles. The number of hydroxylamine groups is 2. The highest BCUT2D eigenvalue weighted by molar-refractivity contribution is 6.05. The van der Waals surface area contributed by atoms with Gasteiger partial charge in [-0.15, -0.1) is 0 Å². The minimum absolute atomic E-state index is 0.0507. The Bertz CT molecular complexity index is 617. The number of urea groups is 1. The van der Waals surface area contributed by atoms with Crippen LogP contribution in [0.5, 0.6) is 0 Å². The van der Waals surface area contributed by atoms with Crippen LogP contribution in [-0.4, -0.2) is 60.2 Å². The molecule has 2 heterocycles. The number of fused-ring (bicyclic) bond motifs is 5. The van der Waals surface area contributed by atoms with Gasteiger partial charge in [0.2, 0.25) is 0 Å². The summed E-state index contributed by atoms with van der Waals surface area (Å²) in [6.07, 6.45) is 3.61. The van der Waals surface area contributed by atoms with Crippen LogP contribution in [0.25, 0.3) is 0 Å². The summed E-state index contributed by atoms with van der Waals surface area (Å²) in [5.41, 5.74) is 0. The summed E-state index contributed by atoms with van der Waals surface area (Å²) in [5.74, 6) is -1.69. The van der Waals surface area contributed by atoms with E-state index in [4.69, 9.17) is 9.57 Å². The molecule has 9 heteroatoms. The van der Waals surface area contributed by atoms with Crippen LogP contribution in [0.2, 0.25) is 0 Å². The van der Waals surface area contributed by atoms with Gasteiger partial charge in [0.15, 0.2) is 0 Å². The third kappa shape index (κ3) is 2.22. The van der Waals surface area contributed by atoms with Crippen molar-refractivity contribution in [3.8, 4) is 0 Å². The van der Waals surface area contributed by atoms with Crippen LogP contribution in [0.3, 0.4) is 0 Å². The first-order valence-electron chi connectivity index (χ1n) is 8.00. The first kappa shape index (κ1) is 15.0. The molecule has 0 aromatic rings. The largest absolute Gasteiger partial charge is 0.534 e. The molecule has 1 N–H and O–H groups in total. The van der Waals surface area contributed by atoms with Crippen molar-refractivity contribution >= 4 is 24.0 Å². The first-order valence-corrected chi connectivity index (χ1v) is 8.00. The van der Waals surface area contributed by atoms with Gasteiger partial charge in [-0.2, -0.15) is 0 Å². The third-order valence-corrected chi connectivity index (χ3v) is 5.12. The van der Waals surface area contributed by atoms with E-state index in [-0.39, 0.29) is 31.0 Å². The predicted octanol–water partition coefficient (Wildman–Crippen LogP) is -0.113. The van der Waals surface area contributed by atoms with E-state index in [2.05, 4.69) is 5.32 Å². The molecule has 0 aromatic heterocycles. The van der Waals surface area contributed by atoms with Crippen molar-refractivity contribution in [1.29, 1.82) is 0 Å². The smallest absolute Gasteiger partial charge is 0.431 e. The highest BCUT2D eigenvalue weighted by Gasteiger charge is 2.61. The molecule has 1 saturated carbocycles. The molecule has 4 unspecified atom stereocenters. The maximum Gasteiger partial charge on any atom is 0.534 e. The molecule has 4 rings (SSSR count). The number of amides is 4. The zero-order valence-electron chi connectivity index (χ0n) is 12.8. The van der Waals surface area contributed by atoms with E-state index in [1.165, 1.54) is 4.90 Å². The fourth-order valence-corrected chi connectivity index (χ4v) is 4.03. The normalized spacial score (nSPS) is 33.2. The lowest BCUT2D eigenvalue weighted by Gasteiger charge is -2.17. The van der Waals surface area contributed by atoms with Crippen LogP contribution >= 0.6 is 0 Å². The Morgan fingerprint density at radius 2 is 1.83 bits per heavy atom. The summed E-state index contributed by atoms with van der Waals surface area (Å²) < 4.78 is 4.86. The number of allylic oxidation sites excluding steroid dienone is 2. The monoisotopic (exact) mass is 335 g/mol. The molecular formula is C15H17N3O6. The number of imide groups is 1. The molecule has 128 valence electrons. The minimum atomic E-state index is -1.11. The van der Waals surface area contributed by atoms with Crippen LogP contribution in [0.15, 0.2) is 12.2 Å². The molecule has 2 aliphatic carbocycles. The van der Waals surface area contributed by atoms with E-state index < -0.39 is 29.8 Å². The van der Waals surface area contributed by atoms with Gasteiger partial charge in [0.25, 0.3) is 11.8 Å². The van der Waals surface area contributed by atoms with Crippen molar-refractivity contribution in [2.45, 2.75) is 6.42 Å². The van der Waals surface area contributed by atoms with E-state index >= 15 is 0 Å². The van der Waals surface area contributed by atoms with E-state index in [0.29, 0.717) is 18.2 Å². The maximum absolute atomic E-state index is 12.3. The van der Waals surface area contributed by atoms with E-state index in [1.807, 2.05) is 12.2 Å². The molecule has 9 nitrogen and oxygen atoms in total. The highest BCUT2D eigenvalue weighted by atomic mass is 16.8. The lowest BCUT2D eigenvalue weighted by molar-refractivity contribution is -0.179. The third-order valence-electron chi connectivity index (χ3n) is 5.12. The molecule has 4 atom stereocenters. The number of carbonyl (C=O) groups excluding carboxylic acids is 4. The van der Waals surface area contributed by atoms with Crippen LogP contribution in [0.1, 0.15) is 6.42 Å². The Morgan fingerprint density at radius 1 is 1.17 bits per heavy atom. The second-order valence-corrected chi connectivity index (χ2v) is 6.38. The lowest BCUT2D eigenvalue weighted by atomic mass is 9.85. The van der Waals surface area contributed by atoms with Gasteiger partial charge in [-0.3, -0.25) is 14.4 Å². The number of ether oxygens (including phenoxy) is 1. The Labute approximate surface area is 137 Å². The molecule has 0 aromatic carbocycles. The van der Waals surface area contributed by atoms with E-state index in [0.717, 1.165) is 6.42 Å². The Balaban J connectivity index is 1.29. The number of rotatable bonds is 4. The molecular weight excluding hydrogens is 318 g/mol. The molecule has 24 heavy (non-hydrogen) atoms. The number of nitrogens with one attached hydrogen (secondary N) is 1. The van der Waals surface area contributed by atoms with Crippen LogP contribution < -0.4 is 5.32 Å². The molecule has 2 bridgehead atoms. The van der Waals surface area contributed by atoms with Gasteiger partial charge in [0.05, 0.1) is 18.4 Å². The number of carbonyl (C=O) groups is 4. The molecule has 4 aliphatic rings. The van der Waals surface area contributed by atoms with E-state index in [1.54, 1.807) is 0 Å². The fraction of sp³-hybridized carbons (Fsp3) is 0.600. The van der Waals surface area contributed by atoms with Gasteiger partial charge >= 0.3 is 12.2 Å². The zero-order chi connectivity index (χ0) is 16.8. The second kappa shape index (κ2) is 5.50. The second-order valence-electron chi connectivity index (χ2n) is 6.38. The summed E-state index contributed by atoms with van der Waals surface area (Å²) in [5, 5.41) is 3.17. The fourth-order valence-electron chi connectivity index (χ4n) is 4.03. The van der Waals surface area contributed by atoms with Crippen LogP contribution in [-0.2, 0) is 19.2 Å². The zero-order valence-corrected chi connectivity index (χ0v) is 12.8. The van der Waals surface area contributed by atoms with Crippen molar-refractivity contribution in [2.75, 3.05) is 26.2 Å². The number of hydrogen-bond donors (Lipinski definition) is 1. The SMILES string of the molecule is O=C(OCCN1CCNC1=O)ON1C(=O)C2C3C=CC(C3)C2C1=O. The average Bonchev–Trinajstić information content (AvgIpc) is 3.30. The Morgan fingerprint density at radius 3 is 2.42 bits per heavy atom. The van der Waals surface area contributed by atoms with Crippen LogP contribution in [0, 0.1) is 23.7 Å². The van der Waals surface area contributed by atoms with Gasteiger partial charge in [-0.05, 0) is 18.3 Å². The van der Waals surface area contributed by atoms with Crippen molar-refractivity contribution in [2.24, 2.45) is 23.7 Å². The summed E-state index contributed by atoms with van der Waals surface area (Å²) in [6.45, 7) is 1.25. The maximum atomic E-state index is 12.3. The van der Waals surface area contributed by atoms with Crippen LogP contribution in [0.4, 0.5) is 9.59 Å². The topological polar surface area (TPSA) is 105 Å². The summed E-state index contributed by atoms with van der Waals surface area (Å²) in [7, 11) is 0.